The van der Waals surface area contributed by atoms with Gasteiger partial charge in [0.2, 0.25) is 0 Å². The summed E-state index contributed by atoms with van der Waals surface area (Å²) in [5, 5.41) is 4.70. The first-order valence-electron chi connectivity index (χ1n) is 18.3. The van der Waals surface area contributed by atoms with E-state index in [9.17, 15) is 0 Å². The lowest BCUT2D eigenvalue weighted by Crippen LogP contribution is -2.15. The molecule has 0 atom stereocenters. The van der Waals surface area contributed by atoms with Crippen LogP contribution in [0.1, 0.15) is 49.4 Å². The molecule has 2 heterocycles. The molecule has 10 rings (SSSR count). The number of rotatable bonds is 5. The van der Waals surface area contributed by atoms with Crippen LogP contribution in [-0.2, 0) is 11.8 Å². The average molecular weight is 658 g/mol. The van der Waals surface area contributed by atoms with Crippen LogP contribution in [-0.4, -0.2) is 4.57 Å². The van der Waals surface area contributed by atoms with E-state index in [0.717, 1.165) is 40.3 Å². The summed E-state index contributed by atoms with van der Waals surface area (Å²) in [6.07, 6.45) is 2.15. The maximum atomic E-state index is 6.57. The molecule has 51 heavy (non-hydrogen) atoms. The molecule has 2 aromatic heterocycles. The predicted molar refractivity (Wildman–Crippen MR) is 215 cm³/mol. The summed E-state index contributed by atoms with van der Waals surface area (Å²) in [5.41, 5.74) is 18.7. The molecule has 1 aliphatic rings. The van der Waals surface area contributed by atoms with Gasteiger partial charge in [-0.3, -0.25) is 0 Å². The predicted octanol–water partition coefficient (Wildman–Crippen LogP) is 13.6. The van der Waals surface area contributed by atoms with Crippen LogP contribution >= 0.6 is 0 Å². The van der Waals surface area contributed by atoms with Gasteiger partial charge in [-0.25, -0.2) is 0 Å². The van der Waals surface area contributed by atoms with E-state index in [-0.39, 0.29) is 5.41 Å². The molecular weight excluding hydrogens is 619 g/mol. The zero-order valence-electron chi connectivity index (χ0n) is 29.5. The van der Waals surface area contributed by atoms with E-state index in [1.54, 1.807) is 0 Å². The first-order chi connectivity index (χ1) is 24.9. The SMILES string of the molecule is CCCc1c(-c2ccc3c(c2)C(C)(C)c2cc(-n4c5ccccc5c5c6oc7ccccc7c6ccc54)ccc2-3)cccc1-c1ccccc1C. The van der Waals surface area contributed by atoms with Crippen LogP contribution in [0.2, 0.25) is 0 Å². The number of para-hydroxylation sites is 2. The van der Waals surface area contributed by atoms with E-state index >= 15 is 0 Å². The van der Waals surface area contributed by atoms with Crippen LogP contribution in [0.15, 0.2) is 144 Å². The quantitative estimate of drug-likeness (QED) is 0.180. The summed E-state index contributed by atoms with van der Waals surface area (Å²) in [4.78, 5) is 0. The van der Waals surface area contributed by atoms with Crippen LogP contribution in [0, 0.1) is 6.92 Å². The summed E-state index contributed by atoms with van der Waals surface area (Å²) in [5.74, 6) is 0. The maximum absolute atomic E-state index is 6.57. The third kappa shape index (κ3) is 4.29. The normalized spacial score (nSPS) is 13.4. The number of aromatic nitrogens is 1. The molecule has 9 aromatic rings. The van der Waals surface area contributed by atoms with Crippen molar-refractivity contribution in [2.75, 3.05) is 0 Å². The van der Waals surface area contributed by atoms with Crippen molar-refractivity contribution in [3.05, 3.63) is 162 Å². The van der Waals surface area contributed by atoms with Crippen molar-refractivity contribution in [1.82, 2.24) is 4.57 Å². The Balaban J connectivity index is 1.12. The van der Waals surface area contributed by atoms with Crippen molar-refractivity contribution in [2.45, 2.75) is 46.0 Å². The summed E-state index contributed by atoms with van der Waals surface area (Å²) in [7, 11) is 0. The van der Waals surface area contributed by atoms with Gasteiger partial charge in [0, 0.05) is 27.3 Å². The van der Waals surface area contributed by atoms with Crippen molar-refractivity contribution < 1.29 is 4.42 Å². The second kappa shape index (κ2) is 11.1. The van der Waals surface area contributed by atoms with Crippen molar-refractivity contribution in [1.29, 1.82) is 0 Å². The van der Waals surface area contributed by atoms with Crippen LogP contribution in [0.5, 0.6) is 0 Å². The molecule has 2 heteroatoms. The Kier molecular flexibility index (Phi) is 6.51. The van der Waals surface area contributed by atoms with E-state index in [1.807, 2.05) is 6.07 Å². The third-order valence-electron chi connectivity index (χ3n) is 11.5. The molecule has 0 radical (unpaired) electrons. The van der Waals surface area contributed by atoms with Gasteiger partial charge in [-0.15, -0.1) is 0 Å². The number of benzene rings is 7. The number of aryl methyl sites for hydroxylation is 1. The smallest absolute Gasteiger partial charge is 0.145 e. The Morgan fingerprint density at radius 3 is 2.12 bits per heavy atom. The highest BCUT2D eigenvalue weighted by Gasteiger charge is 2.36. The van der Waals surface area contributed by atoms with Gasteiger partial charge in [0.25, 0.3) is 0 Å². The molecule has 0 bridgehead atoms. The molecule has 0 N–H and O–H groups in total. The topological polar surface area (TPSA) is 18.1 Å². The molecular formula is C49H39NO. The van der Waals surface area contributed by atoms with E-state index < -0.39 is 0 Å². The molecule has 1 aliphatic carbocycles. The van der Waals surface area contributed by atoms with Crippen molar-refractivity contribution in [3.63, 3.8) is 0 Å². The van der Waals surface area contributed by atoms with Crippen molar-refractivity contribution >= 4 is 43.7 Å². The van der Waals surface area contributed by atoms with Crippen molar-refractivity contribution in [3.8, 4) is 39.1 Å². The molecule has 0 amide bonds. The van der Waals surface area contributed by atoms with E-state index in [0.29, 0.717) is 0 Å². The first kappa shape index (κ1) is 30.0. The minimum Gasteiger partial charge on any atom is -0.455 e. The lowest BCUT2D eigenvalue weighted by molar-refractivity contribution is 0.660. The van der Waals surface area contributed by atoms with Gasteiger partial charge in [-0.2, -0.15) is 0 Å². The average Bonchev–Trinajstić information content (AvgIpc) is 3.77. The zero-order chi connectivity index (χ0) is 34.4. The number of nitrogens with zero attached hydrogens (tertiary/aromatic N) is 1. The third-order valence-corrected chi connectivity index (χ3v) is 11.5. The standard InChI is InChI=1S/C49H39NO/c1-5-13-35-34(18-12-19-36(35)33-15-7-6-14-30(33)2)31-22-24-37-38-25-23-32(29-43(38)49(3,4)42(37)28-31)50-44-20-10-8-17-41(44)47-45(50)27-26-40-39-16-9-11-21-46(39)51-48(40)47/h6-12,14-29H,5,13H2,1-4H3. The summed E-state index contributed by atoms with van der Waals surface area (Å²) in [6.45, 7) is 9.30. The fraction of sp³-hybridized carbons (Fsp3) is 0.143. The van der Waals surface area contributed by atoms with Gasteiger partial charge in [-0.05, 0) is 111 Å². The van der Waals surface area contributed by atoms with E-state index in [1.165, 1.54) is 77.6 Å². The second-order valence-electron chi connectivity index (χ2n) is 14.8. The fourth-order valence-electron chi connectivity index (χ4n) is 9.05. The molecule has 0 saturated carbocycles. The molecule has 0 fully saturated rings. The van der Waals surface area contributed by atoms with Crippen LogP contribution < -0.4 is 0 Å². The lowest BCUT2D eigenvalue weighted by atomic mass is 9.80. The molecule has 7 aromatic carbocycles. The van der Waals surface area contributed by atoms with Gasteiger partial charge in [0.15, 0.2) is 0 Å². The number of hydrogen-bond donors (Lipinski definition) is 0. The maximum Gasteiger partial charge on any atom is 0.145 e. The molecule has 0 aliphatic heterocycles. The van der Waals surface area contributed by atoms with Crippen LogP contribution in [0.4, 0.5) is 0 Å². The Morgan fingerprint density at radius 2 is 1.27 bits per heavy atom. The number of furan rings is 1. The molecule has 0 spiro atoms. The van der Waals surface area contributed by atoms with Gasteiger partial charge >= 0.3 is 0 Å². The van der Waals surface area contributed by atoms with Gasteiger partial charge in [-0.1, -0.05) is 124 Å². The van der Waals surface area contributed by atoms with Crippen LogP contribution in [0.3, 0.4) is 0 Å². The molecule has 2 nitrogen and oxygen atoms in total. The molecule has 0 saturated heterocycles. The van der Waals surface area contributed by atoms with E-state index in [2.05, 4.69) is 166 Å². The Morgan fingerprint density at radius 1 is 0.569 bits per heavy atom. The highest BCUT2D eigenvalue weighted by Crippen LogP contribution is 2.51. The summed E-state index contributed by atoms with van der Waals surface area (Å²) >= 11 is 0. The summed E-state index contributed by atoms with van der Waals surface area (Å²) in [6, 6.07) is 51.5. The largest absolute Gasteiger partial charge is 0.455 e. The van der Waals surface area contributed by atoms with E-state index in [4.69, 9.17) is 4.42 Å². The minimum atomic E-state index is -0.167. The Hall–Kier alpha value is -5.86. The van der Waals surface area contributed by atoms with Gasteiger partial charge in [0.1, 0.15) is 11.2 Å². The monoisotopic (exact) mass is 657 g/mol. The van der Waals surface area contributed by atoms with Gasteiger partial charge in [0.05, 0.1) is 16.4 Å². The Labute approximate surface area is 298 Å². The van der Waals surface area contributed by atoms with Gasteiger partial charge < -0.3 is 8.98 Å². The Bertz CT molecular complexity index is 2860. The first-order valence-corrected chi connectivity index (χ1v) is 18.3. The number of fused-ring (bicyclic) bond motifs is 10. The molecule has 246 valence electrons. The second-order valence-corrected chi connectivity index (χ2v) is 14.8. The lowest BCUT2D eigenvalue weighted by Gasteiger charge is -2.23. The van der Waals surface area contributed by atoms with Crippen LogP contribution in [0.25, 0.3) is 82.8 Å². The highest BCUT2D eigenvalue weighted by molar-refractivity contribution is 6.23. The fourth-order valence-corrected chi connectivity index (χ4v) is 9.05. The minimum absolute atomic E-state index is 0.167. The zero-order valence-corrected chi connectivity index (χ0v) is 29.5. The highest BCUT2D eigenvalue weighted by atomic mass is 16.3. The van der Waals surface area contributed by atoms with Crippen molar-refractivity contribution in [2.24, 2.45) is 0 Å². The number of hydrogen-bond acceptors (Lipinski definition) is 1. The molecule has 0 unspecified atom stereocenters. The summed E-state index contributed by atoms with van der Waals surface area (Å²) < 4.78 is 9.00.